The van der Waals surface area contributed by atoms with Crippen LogP contribution in [-0.2, 0) is 19.4 Å². The van der Waals surface area contributed by atoms with Crippen LogP contribution in [0.5, 0.6) is 0 Å². The number of nitrogens with one attached hydrogen (secondary N) is 1. The molecule has 0 bridgehead atoms. The lowest BCUT2D eigenvalue weighted by atomic mass is 10.1. The van der Waals surface area contributed by atoms with Crippen molar-refractivity contribution >= 4 is 17.4 Å². The average Bonchev–Trinajstić information content (AvgIpc) is 2.93. The van der Waals surface area contributed by atoms with Crippen LogP contribution in [0.25, 0.3) is 0 Å². The van der Waals surface area contributed by atoms with Crippen LogP contribution in [0.2, 0.25) is 0 Å². The van der Waals surface area contributed by atoms with Crippen molar-refractivity contribution in [3.8, 4) is 0 Å². The first-order chi connectivity index (χ1) is 10.2. The first-order valence-corrected chi connectivity index (χ1v) is 7.99. The molecule has 3 rings (SSSR count). The van der Waals surface area contributed by atoms with Gasteiger partial charge < -0.3 is 5.32 Å². The summed E-state index contributed by atoms with van der Waals surface area (Å²) in [6.45, 7) is 0.661. The van der Waals surface area contributed by atoms with Crippen LogP contribution in [0.3, 0.4) is 0 Å². The molecule has 0 radical (unpaired) electrons. The molecular weight excluding hydrogens is 288 g/mol. The van der Waals surface area contributed by atoms with E-state index >= 15 is 0 Å². The highest BCUT2D eigenvalue weighted by Crippen LogP contribution is 2.32. The Labute approximate surface area is 127 Å². The van der Waals surface area contributed by atoms with Crippen molar-refractivity contribution in [3.63, 3.8) is 0 Å². The highest BCUT2D eigenvalue weighted by Gasteiger charge is 2.12. The number of thioether (sulfide) groups is 1. The average molecular weight is 305 g/mol. The number of fused-ring (bicyclic) bond motifs is 1. The van der Waals surface area contributed by atoms with E-state index in [4.69, 9.17) is 0 Å². The number of para-hydroxylation sites is 1. The Morgan fingerprint density at radius 1 is 1.05 bits per heavy atom. The molecule has 21 heavy (non-hydrogen) atoms. The van der Waals surface area contributed by atoms with E-state index in [1.54, 1.807) is 12.1 Å². The SMILES string of the molecule is FC(F)Sc1ccccc1NCc1ccc2c(c1)CCC2. The van der Waals surface area contributed by atoms with E-state index in [1.807, 2.05) is 12.1 Å². The molecule has 0 aromatic heterocycles. The molecule has 2 aromatic rings. The van der Waals surface area contributed by atoms with Crippen molar-refractivity contribution in [2.45, 2.75) is 36.5 Å². The van der Waals surface area contributed by atoms with Crippen LogP contribution in [0, 0.1) is 0 Å². The maximum Gasteiger partial charge on any atom is 0.288 e. The van der Waals surface area contributed by atoms with Crippen molar-refractivity contribution in [1.82, 2.24) is 0 Å². The number of aryl methyl sites for hydroxylation is 2. The molecular formula is C17H17F2NS. The molecule has 0 unspecified atom stereocenters. The summed E-state index contributed by atoms with van der Waals surface area (Å²) in [5.74, 6) is -2.40. The Morgan fingerprint density at radius 2 is 1.86 bits per heavy atom. The molecule has 0 saturated heterocycles. The number of rotatable bonds is 5. The van der Waals surface area contributed by atoms with Gasteiger partial charge in [0.05, 0.1) is 0 Å². The Hall–Kier alpha value is -1.55. The lowest BCUT2D eigenvalue weighted by molar-refractivity contribution is 0.252. The van der Waals surface area contributed by atoms with Crippen LogP contribution in [-0.4, -0.2) is 5.76 Å². The Morgan fingerprint density at radius 3 is 2.71 bits per heavy atom. The first kappa shape index (κ1) is 14.4. The van der Waals surface area contributed by atoms with Crippen molar-refractivity contribution in [2.24, 2.45) is 0 Å². The summed E-state index contributed by atoms with van der Waals surface area (Å²) >= 11 is 0.584. The molecule has 1 N–H and O–H groups in total. The molecule has 0 saturated carbocycles. The minimum absolute atomic E-state index is 0.584. The fourth-order valence-electron chi connectivity index (χ4n) is 2.74. The quantitative estimate of drug-likeness (QED) is 0.771. The monoisotopic (exact) mass is 305 g/mol. The molecule has 2 aromatic carbocycles. The molecule has 0 aliphatic heterocycles. The fourth-order valence-corrected chi connectivity index (χ4v) is 3.36. The van der Waals surface area contributed by atoms with Crippen LogP contribution in [0.1, 0.15) is 23.1 Å². The highest BCUT2D eigenvalue weighted by atomic mass is 32.2. The zero-order valence-electron chi connectivity index (χ0n) is 11.6. The van der Waals surface area contributed by atoms with Gasteiger partial charge in [-0.2, -0.15) is 8.78 Å². The predicted octanol–water partition coefficient (Wildman–Crippen LogP) is 5.10. The summed E-state index contributed by atoms with van der Waals surface area (Å²) in [6.07, 6.45) is 3.57. The minimum Gasteiger partial charge on any atom is -0.380 e. The number of halogens is 2. The van der Waals surface area contributed by atoms with Crippen molar-refractivity contribution < 1.29 is 8.78 Å². The lowest BCUT2D eigenvalue weighted by Crippen LogP contribution is -2.01. The van der Waals surface area contributed by atoms with E-state index in [1.165, 1.54) is 29.5 Å². The topological polar surface area (TPSA) is 12.0 Å². The zero-order chi connectivity index (χ0) is 14.7. The number of hydrogen-bond acceptors (Lipinski definition) is 2. The molecule has 4 heteroatoms. The van der Waals surface area contributed by atoms with E-state index in [0.29, 0.717) is 23.2 Å². The molecule has 0 spiro atoms. The molecule has 0 amide bonds. The number of benzene rings is 2. The summed E-state index contributed by atoms with van der Waals surface area (Å²) < 4.78 is 25.1. The highest BCUT2D eigenvalue weighted by molar-refractivity contribution is 7.99. The molecule has 0 heterocycles. The standard InChI is InChI=1S/C17H17F2NS/c18-17(19)21-16-7-2-1-6-15(16)20-11-12-8-9-13-4-3-5-14(13)10-12/h1-2,6-10,17,20H,3-5,11H2. The molecule has 0 fully saturated rings. The smallest absolute Gasteiger partial charge is 0.288 e. The van der Waals surface area contributed by atoms with Crippen molar-refractivity contribution in [1.29, 1.82) is 0 Å². The molecule has 0 atom stereocenters. The molecule has 110 valence electrons. The summed E-state index contributed by atoms with van der Waals surface area (Å²) in [5.41, 5.74) is 4.85. The van der Waals surface area contributed by atoms with Crippen LogP contribution >= 0.6 is 11.8 Å². The van der Waals surface area contributed by atoms with Crippen molar-refractivity contribution in [3.05, 3.63) is 59.2 Å². The molecule has 1 aliphatic carbocycles. The number of anilines is 1. The summed E-state index contributed by atoms with van der Waals surface area (Å²) in [6, 6.07) is 13.8. The van der Waals surface area contributed by atoms with Gasteiger partial charge in [0.25, 0.3) is 5.76 Å². The molecule has 1 aliphatic rings. The third-order valence-electron chi connectivity index (χ3n) is 3.75. The van der Waals surface area contributed by atoms with Gasteiger partial charge in [-0.15, -0.1) is 0 Å². The third-order valence-corrected chi connectivity index (χ3v) is 4.54. The Balaban J connectivity index is 1.70. The molecule has 1 nitrogen and oxygen atoms in total. The van der Waals surface area contributed by atoms with Gasteiger partial charge in [0.2, 0.25) is 0 Å². The second kappa shape index (κ2) is 6.48. The van der Waals surface area contributed by atoms with E-state index in [-0.39, 0.29) is 0 Å². The first-order valence-electron chi connectivity index (χ1n) is 7.11. The van der Waals surface area contributed by atoms with E-state index in [9.17, 15) is 8.78 Å². The lowest BCUT2D eigenvalue weighted by Gasteiger charge is -2.12. The van der Waals surface area contributed by atoms with Gasteiger partial charge in [-0.05, 0) is 48.1 Å². The van der Waals surface area contributed by atoms with Gasteiger partial charge in [0, 0.05) is 17.1 Å². The van der Waals surface area contributed by atoms with Crippen LogP contribution < -0.4 is 5.32 Å². The van der Waals surface area contributed by atoms with Gasteiger partial charge >= 0.3 is 0 Å². The van der Waals surface area contributed by atoms with Gasteiger partial charge in [-0.3, -0.25) is 0 Å². The Bertz CT molecular complexity index is 628. The summed E-state index contributed by atoms with van der Waals surface area (Å²) in [4.78, 5) is 0.591. The summed E-state index contributed by atoms with van der Waals surface area (Å²) in [7, 11) is 0. The second-order valence-electron chi connectivity index (χ2n) is 5.18. The van der Waals surface area contributed by atoms with Crippen LogP contribution in [0.15, 0.2) is 47.4 Å². The van der Waals surface area contributed by atoms with Gasteiger partial charge in [-0.25, -0.2) is 0 Å². The number of hydrogen-bond donors (Lipinski definition) is 1. The summed E-state index contributed by atoms with van der Waals surface area (Å²) in [5, 5.41) is 3.27. The maximum atomic E-state index is 12.5. The maximum absolute atomic E-state index is 12.5. The minimum atomic E-state index is -2.40. The van der Waals surface area contributed by atoms with Crippen LogP contribution in [0.4, 0.5) is 14.5 Å². The van der Waals surface area contributed by atoms with Crippen molar-refractivity contribution in [2.75, 3.05) is 5.32 Å². The largest absolute Gasteiger partial charge is 0.380 e. The third kappa shape index (κ3) is 3.56. The number of alkyl halides is 2. The second-order valence-corrected chi connectivity index (χ2v) is 6.22. The van der Waals surface area contributed by atoms with E-state index in [0.717, 1.165) is 12.1 Å². The van der Waals surface area contributed by atoms with Gasteiger partial charge in [0.15, 0.2) is 0 Å². The van der Waals surface area contributed by atoms with Gasteiger partial charge in [-0.1, -0.05) is 42.1 Å². The van der Waals surface area contributed by atoms with E-state index < -0.39 is 5.76 Å². The fraction of sp³-hybridized carbons (Fsp3) is 0.294. The Kier molecular flexibility index (Phi) is 4.44. The normalized spacial score (nSPS) is 13.5. The van der Waals surface area contributed by atoms with E-state index in [2.05, 4.69) is 23.5 Å². The van der Waals surface area contributed by atoms with Gasteiger partial charge in [0.1, 0.15) is 0 Å². The zero-order valence-corrected chi connectivity index (χ0v) is 12.4. The predicted molar refractivity (Wildman–Crippen MR) is 84.1 cm³/mol.